The number of carbonyl (C=O) groups excluding carboxylic acids is 3. The van der Waals surface area contributed by atoms with Gasteiger partial charge in [0.15, 0.2) is 0 Å². The highest BCUT2D eigenvalue weighted by Gasteiger charge is 2.57. The first-order chi connectivity index (χ1) is 18.3. The number of nitrogens with one attached hydrogen (secondary N) is 1. The van der Waals surface area contributed by atoms with Crippen molar-refractivity contribution in [1.82, 2.24) is 4.57 Å². The first-order valence-electron chi connectivity index (χ1n) is 12.1. The zero-order valence-corrected chi connectivity index (χ0v) is 23.0. The fraction of sp³-hybridized carbons (Fsp3) is 0.214. The highest BCUT2D eigenvalue weighted by atomic mass is 32.2. The third-order valence-electron chi connectivity index (χ3n) is 6.79. The molecule has 2 aromatic carbocycles. The molecule has 0 unspecified atom stereocenters. The lowest BCUT2D eigenvalue weighted by Crippen LogP contribution is -2.32. The number of fused-ring (bicyclic) bond motifs is 2. The van der Waals surface area contributed by atoms with Gasteiger partial charge in [0.2, 0.25) is 17.7 Å². The third-order valence-corrected chi connectivity index (χ3v) is 10.4. The van der Waals surface area contributed by atoms with E-state index in [4.69, 9.17) is 0 Å². The van der Waals surface area contributed by atoms with E-state index in [2.05, 4.69) is 5.32 Å². The maximum Gasteiger partial charge on any atom is 0.308 e. The molecule has 2 aliphatic rings. The molecule has 3 amide bonds. The summed E-state index contributed by atoms with van der Waals surface area (Å²) in [4.78, 5) is 56.3. The number of imide groups is 1. The standard InChI is InChI=1S/C28H23N3O4S3/c1-15-8-10-18(11-9-15)31-25(33)22-21(19-7-4-12-36-19)24-27(37-23(22)26(31)34)30(28(35)38-24)14-20(32)29-17-6-3-5-16(2)13-17/h3-13,21-23H,14H2,1-2H3,(H,29,32)/t21-,22-,23+/m0/s1. The van der Waals surface area contributed by atoms with Gasteiger partial charge >= 0.3 is 4.87 Å². The Morgan fingerprint density at radius 1 is 0.947 bits per heavy atom. The van der Waals surface area contributed by atoms with Crippen LogP contribution in [0.2, 0.25) is 0 Å². The summed E-state index contributed by atoms with van der Waals surface area (Å²) in [5.74, 6) is -1.95. The van der Waals surface area contributed by atoms with Gasteiger partial charge in [-0.25, -0.2) is 4.90 Å². The average molecular weight is 562 g/mol. The van der Waals surface area contributed by atoms with Crippen LogP contribution in [0.4, 0.5) is 11.4 Å². The number of thioether (sulfide) groups is 1. The minimum Gasteiger partial charge on any atom is -0.325 e. The van der Waals surface area contributed by atoms with Gasteiger partial charge in [-0.1, -0.05) is 59.0 Å². The van der Waals surface area contributed by atoms with Crippen molar-refractivity contribution in [3.8, 4) is 0 Å². The Bertz CT molecular complexity index is 1620. The van der Waals surface area contributed by atoms with Crippen molar-refractivity contribution >= 4 is 63.5 Å². The minimum absolute atomic E-state index is 0.177. The number of aromatic nitrogens is 1. The summed E-state index contributed by atoms with van der Waals surface area (Å²) in [6, 6.07) is 18.6. The second-order valence-electron chi connectivity index (χ2n) is 9.45. The molecule has 3 atom stereocenters. The molecule has 1 fully saturated rings. The molecule has 0 aliphatic carbocycles. The number of carbonyl (C=O) groups is 3. The lowest BCUT2D eigenvalue weighted by Gasteiger charge is -2.29. The van der Waals surface area contributed by atoms with Crippen LogP contribution < -0.4 is 15.1 Å². The Hall–Kier alpha value is -3.47. The maximum atomic E-state index is 13.8. The summed E-state index contributed by atoms with van der Waals surface area (Å²) in [5, 5.41) is 4.69. The number of anilines is 2. The number of hydrogen-bond donors (Lipinski definition) is 1. The van der Waals surface area contributed by atoms with Crippen LogP contribution in [-0.2, 0) is 20.9 Å². The summed E-state index contributed by atoms with van der Waals surface area (Å²) in [7, 11) is 0. The molecule has 6 rings (SSSR count). The summed E-state index contributed by atoms with van der Waals surface area (Å²) in [5.41, 5.74) is 3.24. The van der Waals surface area contributed by atoms with E-state index in [1.807, 2.05) is 61.7 Å². The summed E-state index contributed by atoms with van der Waals surface area (Å²) in [6.07, 6.45) is 0. The second kappa shape index (κ2) is 9.68. The molecule has 0 spiro atoms. The Kier molecular flexibility index (Phi) is 6.33. The fourth-order valence-corrected chi connectivity index (χ4v) is 8.77. The molecule has 4 heterocycles. The van der Waals surface area contributed by atoms with E-state index in [1.165, 1.54) is 32.6 Å². The zero-order chi connectivity index (χ0) is 26.6. The molecule has 192 valence electrons. The van der Waals surface area contributed by atoms with Crippen molar-refractivity contribution in [2.45, 2.75) is 36.6 Å². The molecule has 7 nitrogen and oxygen atoms in total. The van der Waals surface area contributed by atoms with Gasteiger partial charge in [0.1, 0.15) is 11.8 Å². The predicted octanol–water partition coefficient (Wildman–Crippen LogP) is 5.02. The predicted molar refractivity (Wildman–Crippen MR) is 151 cm³/mol. The molecule has 0 bridgehead atoms. The molecule has 4 aromatic rings. The van der Waals surface area contributed by atoms with E-state index >= 15 is 0 Å². The van der Waals surface area contributed by atoms with Crippen LogP contribution in [0, 0.1) is 19.8 Å². The number of thiophene rings is 1. The Morgan fingerprint density at radius 3 is 2.45 bits per heavy atom. The minimum atomic E-state index is -0.691. The van der Waals surface area contributed by atoms with E-state index in [0.717, 1.165) is 32.2 Å². The van der Waals surface area contributed by atoms with E-state index < -0.39 is 17.1 Å². The second-order valence-corrected chi connectivity index (χ2v) is 12.5. The van der Waals surface area contributed by atoms with Crippen molar-refractivity contribution in [2.75, 3.05) is 10.2 Å². The molecular weight excluding hydrogens is 539 g/mol. The van der Waals surface area contributed by atoms with Gasteiger partial charge in [-0.15, -0.1) is 11.3 Å². The normalized spacial score (nSPS) is 20.4. The molecule has 2 aliphatic heterocycles. The topological polar surface area (TPSA) is 88.5 Å². The Labute approximate surface area is 231 Å². The van der Waals surface area contributed by atoms with Gasteiger partial charge in [0.25, 0.3) is 0 Å². The third kappa shape index (κ3) is 4.22. The summed E-state index contributed by atoms with van der Waals surface area (Å²) >= 11 is 3.78. The van der Waals surface area contributed by atoms with Crippen LogP contribution in [0.3, 0.4) is 0 Å². The molecule has 0 saturated carbocycles. The first kappa shape index (κ1) is 24.8. The number of thiazole rings is 1. The highest BCUT2D eigenvalue weighted by molar-refractivity contribution is 8.00. The highest BCUT2D eigenvalue weighted by Crippen LogP contribution is 2.54. The monoisotopic (exact) mass is 561 g/mol. The summed E-state index contributed by atoms with van der Waals surface area (Å²) < 4.78 is 1.44. The molecule has 2 aromatic heterocycles. The molecule has 0 radical (unpaired) electrons. The van der Waals surface area contributed by atoms with Crippen molar-refractivity contribution in [2.24, 2.45) is 5.92 Å². The van der Waals surface area contributed by atoms with Gasteiger partial charge in [-0.3, -0.25) is 23.7 Å². The number of aryl methyl sites for hydroxylation is 2. The van der Waals surface area contributed by atoms with Crippen LogP contribution in [0.25, 0.3) is 0 Å². The molecule has 1 N–H and O–H groups in total. The van der Waals surface area contributed by atoms with Gasteiger partial charge < -0.3 is 5.32 Å². The SMILES string of the molecule is Cc1ccc(N2C(=O)[C@H]3[C@H](c4cccs4)c4sc(=O)n(CC(=O)Nc5cccc(C)c5)c4S[C@H]3C2=O)cc1. The lowest BCUT2D eigenvalue weighted by atomic mass is 9.87. The number of benzene rings is 2. The summed E-state index contributed by atoms with van der Waals surface area (Å²) in [6.45, 7) is 3.71. The zero-order valence-electron chi connectivity index (χ0n) is 20.5. The first-order valence-corrected chi connectivity index (χ1v) is 14.6. The Morgan fingerprint density at radius 2 is 1.74 bits per heavy atom. The number of rotatable bonds is 5. The quantitative estimate of drug-likeness (QED) is 0.346. The Balaban J connectivity index is 1.38. The van der Waals surface area contributed by atoms with Crippen molar-refractivity contribution in [3.05, 3.63) is 96.6 Å². The fourth-order valence-electron chi connectivity index (χ4n) is 5.05. The molecule has 10 heteroatoms. The van der Waals surface area contributed by atoms with E-state index in [0.29, 0.717) is 16.4 Å². The van der Waals surface area contributed by atoms with Crippen LogP contribution >= 0.6 is 34.4 Å². The van der Waals surface area contributed by atoms with E-state index in [1.54, 1.807) is 18.2 Å². The van der Waals surface area contributed by atoms with Gasteiger partial charge in [0, 0.05) is 21.4 Å². The number of amides is 3. The van der Waals surface area contributed by atoms with Gasteiger partial charge in [0.05, 0.1) is 16.6 Å². The number of hydrogen-bond acceptors (Lipinski definition) is 7. The molecule has 38 heavy (non-hydrogen) atoms. The lowest BCUT2D eigenvalue weighted by molar-refractivity contribution is -0.122. The van der Waals surface area contributed by atoms with Crippen LogP contribution in [-0.4, -0.2) is 27.5 Å². The van der Waals surface area contributed by atoms with Crippen LogP contribution in [0.1, 0.15) is 26.8 Å². The van der Waals surface area contributed by atoms with Crippen LogP contribution in [0.15, 0.2) is 75.9 Å². The smallest absolute Gasteiger partial charge is 0.308 e. The van der Waals surface area contributed by atoms with Crippen molar-refractivity contribution in [3.63, 3.8) is 0 Å². The average Bonchev–Trinajstić information content (AvgIpc) is 3.58. The van der Waals surface area contributed by atoms with E-state index in [9.17, 15) is 19.2 Å². The largest absolute Gasteiger partial charge is 0.325 e. The van der Waals surface area contributed by atoms with Crippen molar-refractivity contribution < 1.29 is 14.4 Å². The molecular formula is C28H23N3O4S3. The maximum absolute atomic E-state index is 13.8. The van der Waals surface area contributed by atoms with Gasteiger partial charge in [-0.05, 0) is 55.1 Å². The van der Waals surface area contributed by atoms with Crippen molar-refractivity contribution in [1.29, 1.82) is 0 Å². The molecule has 1 saturated heterocycles. The van der Waals surface area contributed by atoms with Crippen LogP contribution in [0.5, 0.6) is 0 Å². The van der Waals surface area contributed by atoms with E-state index in [-0.39, 0.29) is 29.1 Å². The number of nitrogens with zero attached hydrogens (tertiary/aromatic N) is 2. The van der Waals surface area contributed by atoms with Gasteiger partial charge in [-0.2, -0.15) is 0 Å².